The third-order valence-electron chi connectivity index (χ3n) is 3.23. The van der Waals surface area contributed by atoms with E-state index in [2.05, 4.69) is 15.6 Å². The molecule has 0 spiro atoms. The van der Waals surface area contributed by atoms with Crippen LogP contribution in [-0.4, -0.2) is 24.2 Å². The number of halogens is 1. The predicted molar refractivity (Wildman–Crippen MR) is 108 cm³/mol. The number of anilines is 2. The third-order valence-corrected chi connectivity index (χ3v) is 4.42. The van der Waals surface area contributed by atoms with Gasteiger partial charge in [-0.05, 0) is 30.3 Å². The lowest BCUT2D eigenvalue weighted by Gasteiger charge is -2.00. The van der Waals surface area contributed by atoms with E-state index in [1.165, 1.54) is 6.92 Å². The number of hydrogen-bond acceptors (Lipinski definition) is 5. The monoisotopic (exact) mass is 387 g/mol. The van der Waals surface area contributed by atoms with Crippen LogP contribution in [0.25, 0.3) is 11.3 Å². The van der Waals surface area contributed by atoms with Gasteiger partial charge in [0.1, 0.15) is 6.29 Å². The summed E-state index contributed by atoms with van der Waals surface area (Å²) in [5, 5.41) is 9.23. The van der Waals surface area contributed by atoms with Gasteiger partial charge in [0, 0.05) is 41.2 Å². The van der Waals surface area contributed by atoms with E-state index in [-0.39, 0.29) is 5.91 Å². The summed E-state index contributed by atoms with van der Waals surface area (Å²) in [5.74, 6) is -0.117. The molecule has 0 fully saturated rings. The van der Waals surface area contributed by atoms with Crippen LogP contribution < -0.4 is 10.6 Å². The number of amides is 1. The molecule has 0 aliphatic heterocycles. The van der Waals surface area contributed by atoms with Gasteiger partial charge in [-0.25, -0.2) is 4.98 Å². The molecule has 7 heteroatoms. The molecule has 0 unspecified atom stereocenters. The molecular formula is C19H18ClN3O2S. The van der Waals surface area contributed by atoms with Crippen LogP contribution in [0, 0.1) is 0 Å². The van der Waals surface area contributed by atoms with Crippen LogP contribution in [0.5, 0.6) is 0 Å². The maximum Gasteiger partial charge on any atom is 0.221 e. The van der Waals surface area contributed by atoms with E-state index in [0.29, 0.717) is 11.3 Å². The molecule has 3 aromatic rings. The first-order valence-electron chi connectivity index (χ1n) is 7.74. The first-order chi connectivity index (χ1) is 12.5. The Bertz CT molecular complexity index is 879. The number of benzene rings is 2. The molecule has 0 bridgehead atoms. The summed E-state index contributed by atoms with van der Waals surface area (Å²) in [6, 6.07) is 14.4. The first kappa shape index (κ1) is 19.6. The highest BCUT2D eigenvalue weighted by Gasteiger charge is 2.06. The maximum atomic E-state index is 10.6. The average molecular weight is 388 g/mol. The van der Waals surface area contributed by atoms with Crippen LogP contribution in [-0.2, 0) is 4.79 Å². The smallest absolute Gasteiger partial charge is 0.221 e. The maximum absolute atomic E-state index is 10.6. The van der Waals surface area contributed by atoms with Gasteiger partial charge < -0.3 is 10.6 Å². The summed E-state index contributed by atoms with van der Waals surface area (Å²) >= 11 is 7.63. The van der Waals surface area contributed by atoms with Crippen LogP contribution in [0.4, 0.5) is 10.8 Å². The fourth-order valence-electron chi connectivity index (χ4n) is 2.03. The summed E-state index contributed by atoms with van der Waals surface area (Å²) in [6.45, 7) is 1.44. The van der Waals surface area contributed by atoms with Crippen molar-refractivity contribution in [2.75, 3.05) is 17.7 Å². The number of hydrogen-bond donors (Lipinski definition) is 2. The van der Waals surface area contributed by atoms with Crippen LogP contribution in [0.15, 0.2) is 53.9 Å². The Labute approximate surface area is 161 Å². The SMILES string of the molecule is CC(=O)Nc1ccc(C=O)cc1.CNc1nc(-c2ccccc2Cl)cs1. The number of rotatable bonds is 4. The highest BCUT2D eigenvalue weighted by Crippen LogP contribution is 2.29. The van der Waals surface area contributed by atoms with Gasteiger partial charge in [0.25, 0.3) is 0 Å². The molecule has 0 saturated heterocycles. The van der Waals surface area contributed by atoms with Crippen molar-refractivity contribution >= 4 is 46.0 Å². The molecule has 0 atom stereocenters. The van der Waals surface area contributed by atoms with Crippen molar-refractivity contribution < 1.29 is 9.59 Å². The van der Waals surface area contributed by atoms with Gasteiger partial charge in [-0.15, -0.1) is 11.3 Å². The van der Waals surface area contributed by atoms with E-state index >= 15 is 0 Å². The topological polar surface area (TPSA) is 71.1 Å². The zero-order chi connectivity index (χ0) is 18.9. The molecule has 1 amide bonds. The molecular weight excluding hydrogens is 370 g/mol. The number of thiazole rings is 1. The Morgan fingerprint density at radius 3 is 2.38 bits per heavy atom. The quantitative estimate of drug-likeness (QED) is 0.620. The average Bonchev–Trinajstić information content (AvgIpc) is 3.12. The minimum atomic E-state index is -0.117. The van der Waals surface area contributed by atoms with Crippen molar-refractivity contribution in [1.82, 2.24) is 4.98 Å². The molecule has 0 saturated carbocycles. The number of aromatic nitrogens is 1. The zero-order valence-corrected chi connectivity index (χ0v) is 15.9. The van der Waals surface area contributed by atoms with Gasteiger partial charge in [0.2, 0.25) is 5.91 Å². The molecule has 134 valence electrons. The standard InChI is InChI=1S/C10H9ClN2S.C9H9NO2/c1-12-10-13-9(6-14-10)7-4-2-3-5-8(7)11;1-7(12)10-9-4-2-8(6-11)3-5-9/h2-6H,1H3,(H,12,13);2-6H,1H3,(H,10,12). The summed E-state index contributed by atoms with van der Waals surface area (Å²) in [4.78, 5) is 25.2. The van der Waals surface area contributed by atoms with Crippen molar-refractivity contribution in [2.45, 2.75) is 6.92 Å². The van der Waals surface area contributed by atoms with Crippen molar-refractivity contribution in [3.05, 3.63) is 64.5 Å². The van der Waals surface area contributed by atoms with Crippen LogP contribution >= 0.6 is 22.9 Å². The van der Waals surface area contributed by atoms with Crippen LogP contribution in [0.2, 0.25) is 5.02 Å². The molecule has 2 aromatic carbocycles. The third kappa shape index (κ3) is 5.68. The highest BCUT2D eigenvalue weighted by atomic mass is 35.5. The van der Waals surface area contributed by atoms with Crippen LogP contribution in [0.1, 0.15) is 17.3 Å². The van der Waals surface area contributed by atoms with Crippen LogP contribution in [0.3, 0.4) is 0 Å². The zero-order valence-electron chi connectivity index (χ0n) is 14.3. The molecule has 1 heterocycles. The second-order valence-corrected chi connectivity index (χ2v) is 6.45. The number of nitrogens with zero attached hydrogens (tertiary/aromatic N) is 1. The normalized spacial score (nSPS) is 9.65. The largest absolute Gasteiger partial charge is 0.365 e. The van der Waals surface area contributed by atoms with E-state index in [1.54, 1.807) is 35.6 Å². The van der Waals surface area contributed by atoms with Crippen molar-refractivity contribution in [3.8, 4) is 11.3 Å². The number of aldehydes is 1. The second-order valence-electron chi connectivity index (χ2n) is 5.19. The minimum absolute atomic E-state index is 0.117. The van der Waals surface area contributed by atoms with Crippen molar-refractivity contribution in [1.29, 1.82) is 0 Å². The van der Waals surface area contributed by atoms with Crippen molar-refractivity contribution in [3.63, 3.8) is 0 Å². The Balaban J connectivity index is 0.000000190. The molecule has 3 rings (SSSR count). The van der Waals surface area contributed by atoms with E-state index < -0.39 is 0 Å². The van der Waals surface area contributed by atoms with Gasteiger partial charge in [-0.3, -0.25) is 9.59 Å². The Morgan fingerprint density at radius 2 is 1.85 bits per heavy atom. The predicted octanol–water partition coefficient (Wildman–Crippen LogP) is 4.96. The summed E-state index contributed by atoms with van der Waals surface area (Å²) in [6.07, 6.45) is 0.761. The summed E-state index contributed by atoms with van der Waals surface area (Å²) in [5.41, 5.74) is 3.20. The molecule has 0 aliphatic carbocycles. The van der Waals surface area contributed by atoms with Gasteiger partial charge in [-0.1, -0.05) is 29.8 Å². The minimum Gasteiger partial charge on any atom is -0.365 e. The number of carbonyl (C=O) groups is 2. The molecule has 5 nitrogen and oxygen atoms in total. The van der Waals surface area contributed by atoms with Gasteiger partial charge in [-0.2, -0.15) is 0 Å². The Kier molecular flexibility index (Phi) is 7.32. The van der Waals surface area contributed by atoms with Crippen molar-refractivity contribution in [2.24, 2.45) is 0 Å². The second kappa shape index (κ2) is 9.70. The summed E-state index contributed by atoms with van der Waals surface area (Å²) in [7, 11) is 1.86. The number of carbonyl (C=O) groups excluding carboxylic acids is 2. The van der Waals surface area contributed by atoms with E-state index in [0.717, 1.165) is 27.7 Å². The molecule has 2 N–H and O–H groups in total. The molecule has 26 heavy (non-hydrogen) atoms. The lowest BCUT2D eigenvalue weighted by Crippen LogP contribution is -2.05. The lowest BCUT2D eigenvalue weighted by molar-refractivity contribution is -0.114. The first-order valence-corrected chi connectivity index (χ1v) is 9.00. The highest BCUT2D eigenvalue weighted by molar-refractivity contribution is 7.14. The van der Waals surface area contributed by atoms with E-state index in [9.17, 15) is 9.59 Å². The molecule has 0 radical (unpaired) electrons. The fraction of sp³-hybridized carbons (Fsp3) is 0.105. The lowest BCUT2D eigenvalue weighted by atomic mass is 10.2. The van der Waals surface area contributed by atoms with E-state index in [4.69, 9.17) is 11.6 Å². The number of nitrogens with one attached hydrogen (secondary N) is 2. The van der Waals surface area contributed by atoms with E-state index in [1.807, 2.05) is 36.7 Å². The summed E-state index contributed by atoms with van der Waals surface area (Å²) < 4.78 is 0. The Morgan fingerprint density at radius 1 is 1.15 bits per heavy atom. The molecule has 1 aromatic heterocycles. The Hall–Kier alpha value is -2.70. The fourth-order valence-corrected chi connectivity index (χ4v) is 2.93. The molecule has 0 aliphatic rings. The van der Waals surface area contributed by atoms with Gasteiger partial charge in [0.05, 0.1) is 5.69 Å². The van der Waals surface area contributed by atoms with Gasteiger partial charge in [0.15, 0.2) is 5.13 Å². The van der Waals surface area contributed by atoms with Gasteiger partial charge >= 0.3 is 0 Å².